The zero-order valence-corrected chi connectivity index (χ0v) is 9.76. The summed E-state index contributed by atoms with van der Waals surface area (Å²) in [4.78, 5) is 11.1. The van der Waals surface area contributed by atoms with Crippen molar-refractivity contribution in [3.05, 3.63) is 29.3 Å². The van der Waals surface area contributed by atoms with Gasteiger partial charge in [-0.3, -0.25) is 4.79 Å². The first kappa shape index (κ1) is 13.4. The van der Waals surface area contributed by atoms with Gasteiger partial charge in [0.05, 0.1) is 13.7 Å². The van der Waals surface area contributed by atoms with E-state index >= 15 is 0 Å². The number of rotatable bonds is 5. The molecule has 3 nitrogen and oxygen atoms in total. The molecule has 1 rings (SSSR count). The molecule has 0 aromatic heterocycles. The lowest BCUT2D eigenvalue weighted by Crippen LogP contribution is -2.06. The normalized spacial score (nSPS) is 10.1. The number of esters is 1. The van der Waals surface area contributed by atoms with E-state index in [2.05, 4.69) is 4.74 Å². The predicted molar refractivity (Wildman–Crippen MR) is 57.9 cm³/mol. The van der Waals surface area contributed by atoms with Crippen LogP contribution in [0.5, 0.6) is 5.75 Å². The van der Waals surface area contributed by atoms with E-state index in [-0.39, 0.29) is 30.8 Å². The van der Waals surface area contributed by atoms with Gasteiger partial charge in [0.2, 0.25) is 0 Å². The number of hydrogen-bond acceptors (Lipinski definition) is 3. The molecule has 0 aliphatic heterocycles. The van der Waals surface area contributed by atoms with Gasteiger partial charge in [0, 0.05) is 12.5 Å². The zero-order valence-electron chi connectivity index (χ0n) is 9.76. The van der Waals surface area contributed by atoms with Crippen molar-refractivity contribution in [2.75, 3.05) is 13.7 Å². The second kappa shape index (κ2) is 6.18. The Balaban J connectivity index is 2.72. The maximum Gasteiger partial charge on any atom is 0.306 e. The predicted octanol–water partition coefficient (Wildman–Crippen LogP) is 2.47. The van der Waals surface area contributed by atoms with Gasteiger partial charge >= 0.3 is 5.97 Å². The van der Waals surface area contributed by atoms with Gasteiger partial charge in [0.1, 0.15) is 5.82 Å². The monoisotopic (exact) mass is 244 g/mol. The van der Waals surface area contributed by atoms with Crippen LogP contribution < -0.4 is 4.74 Å². The molecule has 0 bridgehead atoms. The van der Waals surface area contributed by atoms with Crippen molar-refractivity contribution in [3.63, 3.8) is 0 Å². The molecule has 5 heteroatoms. The maximum absolute atomic E-state index is 13.5. The van der Waals surface area contributed by atoms with Gasteiger partial charge in [-0.05, 0) is 25.0 Å². The summed E-state index contributed by atoms with van der Waals surface area (Å²) in [5, 5.41) is 0. The largest absolute Gasteiger partial charge is 0.494 e. The van der Waals surface area contributed by atoms with E-state index in [1.807, 2.05) is 0 Å². The quantitative estimate of drug-likeness (QED) is 0.746. The minimum Gasteiger partial charge on any atom is -0.494 e. The van der Waals surface area contributed by atoms with Gasteiger partial charge in [0.25, 0.3) is 0 Å². The molecule has 0 saturated carbocycles. The van der Waals surface area contributed by atoms with Crippen molar-refractivity contribution in [3.8, 4) is 5.75 Å². The number of carbonyl (C=O) groups is 1. The summed E-state index contributed by atoms with van der Waals surface area (Å²) in [6.07, 6.45) is 0.127. The molecule has 0 fully saturated rings. The van der Waals surface area contributed by atoms with Crippen LogP contribution in [0.3, 0.4) is 0 Å². The van der Waals surface area contributed by atoms with Crippen LogP contribution >= 0.6 is 0 Å². The van der Waals surface area contributed by atoms with Gasteiger partial charge in [-0.2, -0.15) is 0 Å². The first-order valence-corrected chi connectivity index (χ1v) is 5.26. The smallest absolute Gasteiger partial charge is 0.306 e. The van der Waals surface area contributed by atoms with E-state index in [0.717, 1.165) is 12.1 Å². The summed E-state index contributed by atoms with van der Waals surface area (Å²) < 4.78 is 36.1. The molecule has 0 heterocycles. The molecule has 0 radical (unpaired) electrons. The lowest BCUT2D eigenvalue weighted by atomic mass is 10.1. The molecule has 0 aliphatic carbocycles. The highest BCUT2D eigenvalue weighted by atomic mass is 19.1. The number of halogens is 2. The maximum atomic E-state index is 13.5. The Bertz CT molecular complexity index is 405. The third kappa shape index (κ3) is 3.69. The average Bonchev–Trinajstić information content (AvgIpc) is 2.30. The van der Waals surface area contributed by atoms with Crippen LogP contribution in [0.4, 0.5) is 8.78 Å². The second-order valence-corrected chi connectivity index (χ2v) is 3.38. The fourth-order valence-electron chi connectivity index (χ4n) is 1.39. The Kier molecular flexibility index (Phi) is 4.87. The number of ether oxygens (including phenoxy) is 2. The summed E-state index contributed by atoms with van der Waals surface area (Å²) in [5.41, 5.74) is 0.136. The zero-order chi connectivity index (χ0) is 12.8. The second-order valence-electron chi connectivity index (χ2n) is 3.38. The molecule has 0 atom stereocenters. The Morgan fingerprint density at radius 3 is 2.59 bits per heavy atom. The first-order chi connectivity index (χ1) is 8.08. The van der Waals surface area contributed by atoms with Gasteiger partial charge in [0.15, 0.2) is 11.6 Å². The van der Waals surface area contributed by atoms with Crippen LogP contribution in [0.2, 0.25) is 0 Å². The Morgan fingerprint density at radius 2 is 2.00 bits per heavy atom. The van der Waals surface area contributed by atoms with Gasteiger partial charge < -0.3 is 9.47 Å². The fourth-order valence-corrected chi connectivity index (χ4v) is 1.39. The van der Waals surface area contributed by atoms with Crippen LogP contribution in [0, 0.1) is 11.6 Å². The highest BCUT2D eigenvalue weighted by Gasteiger charge is 2.12. The van der Waals surface area contributed by atoms with Crippen molar-refractivity contribution < 1.29 is 23.0 Å². The molecule has 1 aromatic carbocycles. The first-order valence-electron chi connectivity index (χ1n) is 5.26. The molecule has 94 valence electrons. The third-order valence-corrected chi connectivity index (χ3v) is 2.22. The highest BCUT2D eigenvalue weighted by molar-refractivity contribution is 5.69. The van der Waals surface area contributed by atoms with Gasteiger partial charge in [-0.15, -0.1) is 0 Å². The summed E-state index contributed by atoms with van der Waals surface area (Å²) in [5.74, 6) is -1.81. The minimum absolute atomic E-state index is 0.0243. The topological polar surface area (TPSA) is 35.5 Å². The lowest BCUT2D eigenvalue weighted by molar-refractivity contribution is -0.143. The molecular weight excluding hydrogens is 230 g/mol. The highest BCUT2D eigenvalue weighted by Crippen LogP contribution is 2.22. The molecule has 0 saturated heterocycles. The SMILES string of the molecule is CCOC(=O)CCc1cc(F)c(OC)cc1F. The molecular formula is C12H14F2O3. The third-order valence-electron chi connectivity index (χ3n) is 2.22. The van der Waals surface area contributed by atoms with Crippen LogP contribution in [0.15, 0.2) is 12.1 Å². The van der Waals surface area contributed by atoms with E-state index < -0.39 is 17.6 Å². The van der Waals surface area contributed by atoms with Crippen molar-refractivity contribution in [1.29, 1.82) is 0 Å². The average molecular weight is 244 g/mol. The van der Waals surface area contributed by atoms with Crippen molar-refractivity contribution in [2.45, 2.75) is 19.8 Å². The van der Waals surface area contributed by atoms with E-state index in [1.54, 1.807) is 6.92 Å². The molecule has 0 amide bonds. The Morgan fingerprint density at radius 1 is 1.29 bits per heavy atom. The van der Waals surface area contributed by atoms with Gasteiger partial charge in [-0.25, -0.2) is 8.78 Å². The molecule has 0 N–H and O–H groups in total. The molecule has 1 aromatic rings. The summed E-state index contributed by atoms with van der Waals surface area (Å²) in [7, 11) is 1.26. The van der Waals surface area contributed by atoms with Gasteiger partial charge in [-0.1, -0.05) is 0 Å². The fraction of sp³-hybridized carbons (Fsp3) is 0.417. The van der Waals surface area contributed by atoms with E-state index in [9.17, 15) is 13.6 Å². The standard InChI is InChI=1S/C12H14F2O3/c1-3-17-12(15)5-4-8-6-10(14)11(16-2)7-9(8)13/h6-7H,3-5H2,1-2H3. The number of hydrogen-bond donors (Lipinski definition) is 0. The van der Waals surface area contributed by atoms with E-state index in [4.69, 9.17) is 4.74 Å². The summed E-state index contributed by atoms with van der Waals surface area (Å²) >= 11 is 0. The van der Waals surface area contributed by atoms with E-state index in [1.165, 1.54) is 7.11 Å². The molecule has 17 heavy (non-hydrogen) atoms. The van der Waals surface area contributed by atoms with Crippen LogP contribution in [0.25, 0.3) is 0 Å². The Hall–Kier alpha value is -1.65. The number of aryl methyl sites for hydroxylation is 1. The Labute approximate surface area is 98.3 Å². The van der Waals surface area contributed by atoms with Crippen molar-refractivity contribution >= 4 is 5.97 Å². The summed E-state index contributed by atoms with van der Waals surface area (Å²) in [6.45, 7) is 1.96. The molecule has 0 spiro atoms. The van der Waals surface area contributed by atoms with Crippen LogP contribution in [-0.4, -0.2) is 19.7 Å². The number of methoxy groups -OCH3 is 1. The minimum atomic E-state index is -0.646. The van der Waals surface area contributed by atoms with Crippen LogP contribution in [0.1, 0.15) is 18.9 Å². The van der Waals surface area contributed by atoms with Crippen molar-refractivity contribution in [1.82, 2.24) is 0 Å². The van der Waals surface area contributed by atoms with E-state index in [0.29, 0.717) is 0 Å². The molecule has 0 unspecified atom stereocenters. The summed E-state index contributed by atoms with van der Waals surface area (Å²) in [6, 6.07) is 2.00. The number of benzene rings is 1. The van der Waals surface area contributed by atoms with Crippen LogP contribution in [-0.2, 0) is 16.0 Å². The lowest BCUT2D eigenvalue weighted by Gasteiger charge is -2.07. The molecule has 0 aliphatic rings. The van der Waals surface area contributed by atoms with Crippen molar-refractivity contribution in [2.24, 2.45) is 0 Å². The number of carbonyl (C=O) groups excluding carboxylic acids is 1.